The van der Waals surface area contributed by atoms with Crippen LogP contribution in [0.2, 0.25) is 0 Å². The first kappa shape index (κ1) is 39.1. The lowest BCUT2D eigenvalue weighted by Gasteiger charge is -2.64. The van der Waals surface area contributed by atoms with E-state index in [0.717, 1.165) is 37.4 Å². The van der Waals surface area contributed by atoms with Crippen LogP contribution in [0, 0.1) is 5.92 Å². The van der Waals surface area contributed by atoms with Gasteiger partial charge in [-0.05, 0) is 62.6 Å². The molecule has 5 atom stereocenters. The molecule has 1 spiro atoms. The van der Waals surface area contributed by atoms with Gasteiger partial charge in [-0.2, -0.15) is 0 Å². The predicted molar refractivity (Wildman–Crippen MR) is 187 cm³/mol. The maximum absolute atomic E-state index is 12.6. The van der Waals surface area contributed by atoms with Gasteiger partial charge in [-0.25, -0.2) is 0 Å². The van der Waals surface area contributed by atoms with Crippen molar-refractivity contribution in [2.45, 2.75) is 74.2 Å². The summed E-state index contributed by atoms with van der Waals surface area (Å²) in [6.45, 7) is 10.1. The molecule has 13 heteroatoms. The molecule has 51 heavy (non-hydrogen) atoms. The van der Waals surface area contributed by atoms with E-state index in [0.29, 0.717) is 124 Å². The molecule has 3 fully saturated rings. The second kappa shape index (κ2) is 19.6. The van der Waals surface area contributed by atoms with Gasteiger partial charge in [0.15, 0.2) is 11.5 Å². The zero-order valence-corrected chi connectivity index (χ0v) is 30.6. The van der Waals surface area contributed by atoms with Gasteiger partial charge in [-0.3, -0.25) is 4.90 Å². The van der Waals surface area contributed by atoms with Crippen LogP contribution >= 0.6 is 0 Å². The maximum Gasteiger partial charge on any atom is 0.165 e. The first-order valence-corrected chi connectivity index (χ1v) is 19.2. The Morgan fingerprint density at radius 2 is 1.27 bits per heavy atom. The molecule has 1 aromatic carbocycles. The number of methoxy groups -OCH3 is 1. The third-order valence-electron chi connectivity index (χ3n) is 11.5. The van der Waals surface area contributed by atoms with Crippen molar-refractivity contribution in [3.8, 4) is 11.5 Å². The van der Waals surface area contributed by atoms with Crippen molar-refractivity contribution in [3.05, 3.63) is 23.3 Å². The van der Waals surface area contributed by atoms with E-state index in [2.05, 4.69) is 4.90 Å². The molecule has 6 rings (SSSR count). The monoisotopic (exact) mass is 723 g/mol. The fourth-order valence-corrected chi connectivity index (χ4v) is 8.80. The number of aliphatic hydroxyl groups is 1. The van der Waals surface area contributed by atoms with Gasteiger partial charge in [0.2, 0.25) is 0 Å². The molecule has 0 aromatic heterocycles. The van der Waals surface area contributed by atoms with Crippen molar-refractivity contribution in [2.24, 2.45) is 5.92 Å². The number of nitrogens with zero attached hydrogens (tertiary/aromatic N) is 1. The van der Waals surface area contributed by atoms with Crippen LogP contribution in [0.1, 0.15) is 49.7 Å². The highest BCUT2D eigenvalue weighted by Crippen LogP contribution is 2.65. The van der Waals surface area contributed by atoms with Gasteiger partial charge in [0.1, 0.15) is 6.10 Å². The number of benzene rings is 1. The maximum atomic E-state index is 12.6. The van der Waals surface area contributed by atoms with Crippen LogP contribution in [0.5, 0.6) is 11.5 Å². The topological polar surface area (TPSA) is 136 Å². The van der Waals surface area contributed by atoms with Crippen molar-refractivity contribution < 1.29 is 57.6 Å². The summed E-state index contributed by atoms with van der Waals surface area (Å²) < 4.78 is 56.7. The summed E-state index contributed by atoms with van der Waals surface area (Å²) in [7, 11) is 1.65. The number of hydrogen-bond acceptors (Lipinski definition) is 13. The summed E-state index contributed by atoms with van der Waals surface area (Å²) in [5.41, 5.74) is 0.776. The molecule has 0 amide bonds. The quantitative estimate of drug-likeness (QED) is 0.129. The minimum Gasteiger partial charge on any atom is -0.504 e. The summed E-state index contributed by atoms with van der Waals surface area (Å²) in [6.07, 6.45) is 6.39. The highest BCUT2D eigenvalue weighted by atomic mass is 16.6. The molecular formula is C38H61NO12. The van der Waals surface area contributed by atoms with Gasteiger partial charge < -0.3 is 57.6 Å². The average molecular weight is 724 g/mol. The Balaban J connectivity index is 0.795. The number of hydrogen-bond donors (Lipinski definition) is 2. The number of phenolic OH excluding ortho intramolecular Hbond substituents is 1. The first-order valence-electron chi connectivity index (χ1n) is 19.2. The fraction of sp³-hybridized carbons (Fsp3) is 0.842. The molecular weight excluding hydrogens is 662 g/mol. The van der Waals surface area contributed by atoms with E-state index in [4.69, 9.17) is 47.4 Å². The third-order valence-corrected chi connectivity index (χ3v) is 11.5. The normalized spacial score (nSPS) is 28.1. The molecule has 0 radical (unpaired) electrons. The number of phenols is 1. The lowest BCUT2D eigenvalue weighted by molar-refractivity contribution is -0.218. The Kier molecular flexibility index (Phi) is 15.0. The van der Waals surface area contributed by atoms with Crippen molar-refractivity contribution in [1.82, 2.24) is 4.90 Å². The molecule has 3 aliphatic carbocycles. The van der Waals surface area contributed by atoms with Gasteiger partial charge in [0, 0.05) is 25.3 Å². The fourth-order valence-electron chi connectivity index (χ4n) is 8.80. The van der Waals surface area contributed by atoms with Gasteiger partial charge in [-0.1, -0.05) is 12.5 Å². The Hall–Kier alpha value is -1.62. The molecule has 2 saturated carbocycles. The van der Waals surface area contributed by atoms with Crippen LogP contribution in [-0.2, 0) is 54.5 Å². The SMILES string of the molecule is COCCOCCOCCOCCOCCOCCOCCOCCOC1CC[C@@]2(O)C3Cc4ccc(O)c5c4[C@@]2(CCN3CC2CCC2)[C@H]1O5. The van der Waals surface area contributed by atoms with Crippen LogP contribution in [0.4, 0.5) is 0 Å². The molecule has 2 aliphatic heterocycles. The van der Waals surface area contributed by atoms with Crippen LogP contribution in [0.15, 0.2) is 12.1 Å². The van der Waals surface area contributed by atoms with Crippen LogP contribution < -0.4 is 4.74 Å². The minimum atomic E-state index is -0.901. The van der Waals surface area contributed by atoms with Crippen LogP contribution in [0.25, 0.3) is 0 Å². The van der Waals surface area contributed by atoms with E-state index in [9.17, 15) is 10.2 Å². The minimum absolute atomic E-state index is 0.0639. The second-order valence-electron chi connectivity index (χ2n) is 14.4. The van der Waals surface area contributed by atoms with Gasteiger partial charge >= 0.3 is 0 Å². The van der Waals surface area contributed by atoms with Crippen LogP contribution in [-0.4, -0.2) is 165 Å². The highest BCUT2D eigenvalue weighted by Gasteiger charge is 2.73. The zero-order chi connectivity index (χ0) is 35.4. The summed E-state index contributed by atoms with van der Waals surface area (Å²) in [6, 6.07) is 3.87. The Morgan fingerprint density at radius 1 is 0.725 bits per heavy atom. The Bertz CT molecular complexity index is 1190. The van der Waals surface area contributed by atoms with Gasteiger partial charge in [0.05, 0.1) is 123 Å². The number of aromatic hydroxyl groups is 1. The molecule has 13 nitrogen and oxygen atoms in total. The second-order valence-corrected chi connectivity index (χ2v) is 14.4. The molecule has 1 aromatic rings. The van der Waals surface area contributed by atoms with Crippen molar-refractivity contribution in [3.63, 3.8) is 0 Å². The number of likely N-dealkylation sites (tertiary alicyclic amines) is 1. The van der Waals surface area contributed by atoms with Crippen molar-refractivity contribution >= 4 is 0 Å². The Labute approximate surface area is 303 Å². The lowest BCUT2D eigenvalue weighted by atomic mass is 9.48. The molecule has 2 N–H and O–H groups in total. The van der Waals surface area contributed by atoms with Crippen molar-refractivity contribution in [1.29, 1.82) is 0 Å². The van der Waals surface area contributed by atoms with Gasteiger partial charge in [0.25, 0.3) is 0 Å². The van der Waals surface area contributed by atoms with E-state index in [1.54, 1.807) is 13.2 Å². The average Bonchev–Trinajstić information content (AvgIpc) is 3.47. The Morgan fingerprint density at radius 3 is 1.80 bits per heavy atom. The van der Waals surface area contributed by atoms with E-state index in [1.807, 2.05) is 6.07 Å². The summed E-state index contributed by atoms with van der Waals surface area (Å²) in [4.78, 5) is 2.57. The van der Waals surface area contributed by atoms with E-state index < -0.39 is 11.0 Å². The van der Waals surface area contributed by atoms with Crippen LogP contribution in [0.3, 0.4) is 0 Å². The summed E-state index contributed by atoms with van der Waals surface area (Å²) >= 11 is 0. The molecule has 290 valence electrons. The molecule has 2 heterocycles. The summed E-state index contributed by atoms with van der Waals surface area (Å²) in [5.74, 6) is 1.46. The largest absolute Gasteiger partial charge is 0.504 e. The zero-order valence-electron chi connectivity index (χ0n) is 30.6. The lowest BCUT2D eigenvalue weighted by Crippen LogP contribution is -2.77. The van der Waals surface area contributed by atoms with Crippen molar-refractivity contribution in [2.75, 3.05) is 126 Å². The predicted octanol–water partition coefficient (Wildman–Crippen LogP) is 2.49. The number of rotatable bonds is 27. The standard InChI is InChI=1S/C38H61NO12/c1-42-11-12-43-13-14-44-15-16-45-17-18-46-19-20-47-21-22-48-23-24-49-25-26-50-32-7-8-38(41)33-27-30-5-6-31(40)35-34(30)37(38,36(32)51-35)9-10-39(33)28-29-3-2-4-29/h5-6,29,32-33,36,40-41H,2-4,7-28H2,1H3/t32?,33?,36-,37-,38+/m0/s1. The number of piperidine rings is 1. The third kappa shape index (κ3) is 9.20. The number of ether oxygens (including phenoxy) is 10. The van der Waals surface area contributed by atoms with E-state index in [-0.39, 0.29) is 24.0 Å². The smallest absolute Gasteiger partial charge is 0.165 e. The molecule has 5 aliphatic rings. The highest BCUT2D eigenvalue weighted by molar-refractivity contribution is 5.62. The molecule has 1 saturated heterocycles. The first-order chi connectivity index (χ1) is 25.1. The molecule has 2 unspecified atom stereocenters. The van der Waals surface area contributed by atoms with Gasteiger partial charge in [-0.15, -0.1) is 0 Å². The summed E-state index contributed by atoms with van der Waals surface area (Å²) in [5, 5.41) is 23.5. The van der Waals surface area contributed by atoms with E-state index in [1.165, 1.54) is 24.8 Å². The van der Waals surface area contributed by atoms with E-state index >= 15 is 0 Å². The molecule has 2 bridgehead atoms.